The number of oxazole rings is 1. The van der Waals surface area contributed by atoms with Crippen molar-refractivity contribution in [3.8, 4) is 5.75 Å². The Hall–Kier alpha value is -1.59. The van der Waals surface area contributed by atoms with Crippen molar-refractivity contribution in [2.75, 3.05) is 46.4 Å². The highest BCUT2D eigenvalue weighted by molar-refractivity contribution is 5.74. The monoisotopic (exact) mass is 275 g/mol. The summed E-state index contributed by atoms with van der Waals surface area (Å²) in [6.45, 7) is 8.07. The van der Waals surface area contributed by atoms with Crippen LogP contribution in [0.15, 0.2) is 22.6 Å². The van der Waals surface area contributed by atoms with E-state index in [1.54, 1.807) is 0 Å². The molecule has 3 rings (SSSR count). The van der Waals surface area contributed by atoms with Gasteiger partial charge in [-0.05, 0) is 19.2 Å². The summed E-state index contributed by atoms with van der Waals surface area (Å²) in [5, 5.41) is 0. The largest absolute Gasteiger partial charge is 0.492 e. The average molecular weight is 275 g/mol. The minimum atomic E-state index is 0.689. The number of hydrogen-bond donors (Lipinski definition) is 0. The van der Waals surface area contributed by atoms with Crippen molar-refractivity contribution in [3.63, 3.8) is 0 Å². The standard InChI is InChI=1S/C15H21N3O2/c1-12-16-14-4-3-13(11-15(14)20-12)19-10-9-18-7-5-17(2)6-8-18/h3-4,11H,5-10H2,1-2H3. The van der Waals surface area contributed by atoms with Gasteiger partial charge in [0.05, 0.1) is 0 Å². The van der Waals surface area contributed by atoms with E-state index < -0.39 is 0 Å². The molecule has 0 spiro atoms. The van der Waals surface area contributed by atoms with Gasteiger partial charge in [0.25, 0.3) is 0 Å². The molecule has 0 radical (unpaired) electrons. The maximum atomic E-state index is 5.81. The Balaban J connectivity index is 1.52. The van der Waals surface area contributed by atoms with Crippen LogP contribution in [0.4, 0.5) is 0 Å². The molecule has 2 heterocycles. The summed E-state index contributed by atoms with van der Waals surface area (Å²) in [7, 11) is 2.17. The van der Waals surface area contributed by atoms with Crippen molar-refractivity contribution in [1.82, 2.24) is 14.8 Å². The fourth-order valence-corrected chi connectivity index (χ4v) is 2.47. The Morgan fingerprint density at radius 1 is 1.25 bits per heavy atom. The number of piperazine rings is 1. The molecule has 1 saturated heterocycles. The van der Waals surface area contributed by atoms with Crippen LogP contribution in [-0.4, -0.2) is 61.2 Å². The van der Waals surface area contributed by atoms with Crippen LogP contribution in [0, 0.1) is 6.92 Å². The molecular formula is C15H21N3O2. The van der Waals surface area contributed by atoms with Crippen LogP contribution in [0.25, 0.3) is 11.1 Å². The summed E-state index contributed by atoms with van der Waals surface area (Å²) in [5.74, 6) is 1.54. The van der Waals surface area contributed by atoms with Gasteiger partial charge in [-0.15, -0.1) is 0 Å². The highest BCUT2D eigenvalue weighted by atomic mass is 16.5. The summed E-state index contributed by atoms with van der Waals surface area (Å²) in [6.07, 6.45) is 0. The number of ether oxygens (including phenoxy) is 1. The summed E-state index contributed by atoms with van der Waals surface area (Å²) in [6, 6.07) is 5.81. The molecular weight excluding hydrogens is 254 g/mol. The second-order valence-electron chi connectivity index (χ2n) is 5.36. The Bertz CT molecular complexity index is 574. The first kappa shape index (κ1) is 13.4. The van der Waals surface area contributed by atoms with E-state index in [1.165, 1.54) is 0 Å². The molecule has 2 aromatic rings. The highest BCUT2D eigenvalue weighted by Crippen LogP contribution is 2.21. The Labute approximate surface area is 119 Å². The topological polar surface area (TPSA) is 41.7 Å². The first-order chi connectivity index (χ1) is 9.70. The number of likely N-dealkylation sites (N-methyl/N-ethyl adjacent to an activating group) is 1. The fourth-order valence-electron chi connectivity index (χ4n) is 2.47. The normalized spacial score (nSPS) is 17.7. The van der Waals surface area contributed by atoms with Gasteiger partial charge in [-0.25, -0.2) is 4.98 Å². The molecule has 0 unspecified atom stereocenters. The lowest BCUT2D eigenvalue weighted by molar-refractivity contribution is 0.134. The van der Waals surface area contributed by atoms with E-state index in [2.05, 4.69) is 21.8 Å². The van der Waals surface area contributed by atoms with Crippen LogP contribution in [0.5, 0.6) is 5.75 Å². The zero-order valence-electron chi connectivity index (χ0n) is 12.1. The smallest absolute Gasteiger partial charge is 0.192 e. The van der Waals surface area contributed by atoms with Crippen molar-refractivity contribution in [2.24, 2.45) is 0 Å². The van der Waals surface area contributed by atoms with Crippen LogP contribution in [-0.2, 0) is 0 Å². The van der Waals surface area contributed by atoms with E-state index >= 15 is 0 Å². The van der Waals surface area contributed by atoms with E-state index in [-0.39, 0.29) is 0 Å². The van der Waals surface area contributed by atoms with Crippen LogP contribution < -0.4 is 4.74 Å². The Morgan fingerprint density at radius 3 is 2.85 bits per heavy atom. The zero-order valence-corrected chi connectivity index (χ0v) is 12.1. The summed E-state index contributed by atoms with van der Waals surface area (Å²) in [4.78, 5) is 9.08. The number of benzene rings is 1. The molecule has 1 fully saturated rings. The van der Waals surface area contributed by atoms with Gasteiger partial charge < -0.3 is 14.1 Å². The molecule has 0 atom stereocenters. The number of fused-ring (bicyclic) bond motifs is 1. The molecule has 1 aliphatic rings. The summed E-state index contributed by atoms with van der Waals surface area (Å²) in [5.41, 5.74) is 1.67. The third kappa shape index (κ3) is 3.11. The van der Waals surface area contributed by atoms with Crippen LogP contribution in [0.2, 0.25) is 0 Å². The van der Waals surface area contributed by atoms with Crippen LogP contribution >= 0.6 is 0 Å². The minimum Gasteiger partial charge on any atom is -0.492 e. The Morgan fingerprint density at radius 2 is 2.05 bits per heavy atom. The van der Waals surface area contributed by atoms with E-state index in [9.17, 15) is 0 Å². The molecule has 0 saturated carbocycles. The highest BCUT2D eigenvalue weighted by Gasteiger charge is 2.13. The quantitative estimate of drug-likeness (QED) is 0.850. The molecule has 0 amide bonds. The molecule has 20 heavy (non-hydrogen) atoms. The van der Waals surface area contributed by atoms with Gasteiger partial charge in [-0.3, -0.25) is 4.90 Å². The number of hydrogen-bond acceptors (Lipinski definition) is 5. The lowest BCUT2D eigenvalue weighted by Gasteiger charge is -2.32. The number of aromatic nitrogens is 1. The molecule has 0 bridgehead atoms. The van der Waals surface area contributed by atoms with Gasteiger partial charge in [-0.1, -0.05) is 0 Å². The van der Waals surface area contributed by atoms with Crippen LogP contribution in [0.1, 0.15) is 5.89 Å². The van der Waals surface area contributed by atoms with Crippen molar-refractivity contribution in [1.29, 1.82) is 0 Å². The van der Waals surface area contributed by atoms with Crippen molar-refractivity contribution >= 4 is 11.1 Å². The second kappa shape index (κ2) is 5.81. The van der Waals surface area contributed by atoms with Crippen molar-refractivity contribution in [3.05, 3.63) is 24.1 Å². The molecule has 1 aromatic carbocycles. The molecule has 1 aliphatic heterocycles. The number of aryl methyl sites for hydroxylation is 1. The van der Waals surface area contributed by atoms with E-state index in [4.69, 9.17) is 9.15 Å². The number of rotatable bonds is 4. The first-order valence-corrected chi connectivity index (χ1v) is 7.11. The van der Waals surface area contributed by atoms with Gasteiger partial charge >= 0.3 is 0 Å². The van der Waals surface area contributed by atoms with Gasteiger partial charge in [-0.2, -0.15) is 0 Å². The predicted molar refractivity (Wildman–Crippen MR) is 78.2 cm³/mol. The number of nitrogens with zero attached hydrogens (tertiary/aromatic N) is 3. The average Bonchev–Trinajstić information content (AvgIpc) is 2.80. The second-order valence-corrected chi connectivity index (χ2v) is 5.36. The van der Waals surface area contributed by atoms with Crippen molar-refractivity contribution < 1.29 is 9.15 Å². The van der Waals surface area contributed by atoms with Crippen molar-refractivity contribution in [2.45, 2.75) is 6.92 Å². The summed E-state index contributed by atoms with van der Waals surface area (Å²) >= 11 is 0. The molecule has 0 aliphatic carbocycles. The third-order valence-electron chi connectivity index (χ3n) is 3.74. The van der Waals surface area contributed by atoms with Gasteiger partial charge in [0.15, 0.2) is 11.5 Å². The first-order valence-electron chi connectivity index (χ1n) is 7.11. The lowest BCUT2D eigenvalue weighted by atomic mass is 10.3. The predicted octanol–water partition coefficient (Wildman–Crippen LogP) is 1.76. The zero-order chi connectivity index (χ0) is 13.9. The molecule has 108 valence electrons. The molecule has 5 heteroatoms. The van der Waals surface area contributed by atoms with E-state index in [1.807, 2.05) is 25.1 Å². The molecule has 5 nitrogen and oxygen atoms in total. The maximum Gasteiger partial charge on any atom is 0.192 e. The SMILES string of the molecule is Cc1nc2ccc(OCCN3CCN(C)CC3)cc2o1. The minimum absolute atomic E-state index is 0.689. The summed E-state index contributed by atoms with van der Waals surface area (Å²) < 4.78 is 11.3. The van der Waals surface area contributed by atoms with E-state index in [0.717, 1.165) is 49.6 Å². The fraction of sp³-hybridized carbons (Fsp3) is 0.533. The lowest BCUT2D eigenvalue weighted by Crippen LogP contribution is -2.45. The maximum absolute atomic E-state index is 5.81. The van der Waals surface area contributed by atoms with Gasteiger partial charge in [0, 0.05) is 45.7 Å². The van der Waals surface area contributed by atoms with Gasteiger partial charge in [0.1, 0.15) is 17.9 Å². The van der Waals surface area contributed by atoms with Crippen LogP contribution in [0.3, 0.4) is 0 Å². The van der Waals surface area contributed by atoms with Gasteiger partial charge in [0.2, 0.25) is 0 Å². The van der Waals surface area contributed by atoms with E-state index in [0.29, 0.717) is 12.5 Å². The third-order valence-corrected chi connectivity index (χ3v) is 3.74. The Kier molecular flexibility index (Phi) is 3.89. The molecule has 1 aromatic heterocycles. The molecule has 0 N–H and O–H groups in total.